The molecule has 1 unspecified atom stereocenters. The Balaban J connectivity index is 0.00000112. The Bertz CT molecular complexity index is 266. The van der Waals surface area contributed by atoms with Crippen molar-refractivity contribution >= 4 is 23.7 Å². The summed E-state index contributed by atoms with van der Waals surface area (Å²) in [5.41, 5.74) is 1.92. The van der Waals surface area contributed by atoms with Crippen molar-refractivity contribution < 1.29 is 0 Å². The quantitative estimate of drug-likeness (QED) is 0.879. The maximum absolute atomic E-state index is 4.11. The zero-order valence-corrected chi connectivity index (χ0v) is 10.6. The van der Waals surface area contributed by atoms with Crippen molar-refractivity contribution in [3.8, 4) is 0 Å². The topological polar surface area (TPSA) is 28.2 Å². The van der Waals surface area contributed by atoms with Crippen LogP contribution in [0.2, 0.25) is 0 Å². The summed E-state index contributed by atoms with van der Waals surface area (Å²) < 4.78 is 0. The third-order valence-corrected chi connectivity index (χ3v) is 3.55. The van der Waals surface area contributed by atoms with Crippen LogP contribution in [0.4, 0.5) is 0 Å². The van der Waals surface area contributed by atoms with Gasteiger partial charge in [0, 0.05) is 30.2 Å². The lowest BCUT2D eigenvalue weighted by molar-refractivity contribution is 0.244. The van der Waals surface area contributed by atoms with Crippen LogP contribution in [-0.2, 0) is 6.54 Å². The normalized spacial score (nSPS) is 21.5. The van der Waals surface area contributed by atoms with Crippen LogP contribution in [0.3, 0.4) is 0 Å². The molecule has 0 aromatic carbocycles. The van der Waals surface area contributed by atoms with Crippen LogP contribution in [0.1, 0.15) is 17.7 Å². The van der Waals surface area contributed by atoms with E-state index in [-0.39, 0.29) is 12.4 Å². The Morgan fingerprint density at radius 2 is 2.53 bits per heavy atom. The number of halogens is 1. The van der Waals surface area contributed by atoms with Crippen molar-refractivity contribution in [3.05, 3.63) is 16.6 Å². The lowest BCUT2D eigenvalue weighted by Crippen LogP contribution is -2.36. The lowest BCUT2D eigenvalue weighted by Gasteiger charge is -2.23. The third-order valence-electron chi connectivity index (χ3n) is 2.78. The first kappa shape index (κ1) is 12.9. The highest BCUT2D eigenvalue weighted by molar-refractivity contribution is 7.09. The van der Waals surface area contributed by atoms with Gasteiger partial charge in [0.15, 0.2) is 0 Å². The van der Waals surface area contributed by atoms with E-state index in [4.69, 9.17) is 0 Å². The van der Waals surface area contributed by atoms with Gasteiger partial charge in [0.2, 0.25) is 0 Å². The van der Waals surface area contributed by atoms with Crippen LogP contribution >= 0.6 is 23.7 Å². The first-order chi connectivity index (χ1) is 6.90. The Labute approximate surface area is 101 Å². The van der Waals surface area contributed by atoms with E-state index in [1.54, 1.807) is 11.3 Å². The number of hydrogen-bond donors (Lipinski definition) is 1. The van der Waals surface area contributed by atoms with E-state index in [0.29, 0.717) is 0 Å². The fourth-order valence-electron chi connectivity index (χ4n) is 2.09. The van der Waals surface area contributed by atoms with Crippen LogP contribution in [0.5, 0.6) is 0 Å². The van der Waals surface area contributed by atoms with Crippen LogP contribution in [0.25, 0.3) is 0 Å². The Morgan fingerprint density at radius 3 is 3.20 bits per heavy atom. The van der Waals surface area contributed by atoms with E-state index in [0.717, 1.165) is 19.1 Å². The first-order valence-corrected chi connectivity index (χ1v) is 6.04. The standard InChI is InChI=1S/C10H17N3S.ClH/c1-11-5-9-3-2-4-13(9)7-10-6-12-8-14-10;/h6,8-9,11H,2-5,7H2,1H3;1H. The molecule has 1 aromatic heterocycles. The van der Waals surface area contributed by atoms with Crippen LogP contribution < -0.4 is 5.32 Å². The summed E-state index contributed by atoms with van der Waals surface area (Å²) in [4.78, 5) is 8.05. The fraction of sp³-hybridized carbons (Fsp3) is 0.700. The Kier molecular flexibility index (Phi) is 5.53. The van der Waals surface area contributed by atoms with Gasteiger partial charge >= 0.3 is 0 Å². The van der Waals surface area contributed by atoms with E-state index >= 15 is 0 Å². The number of likely N-dealkylation sites (N-methyl/N-ethyl adjacent to an activating group) is 1. The second-order valence-electron chi connectivity index (χ2n) is 3.79. The number of nitrogens with zero attached hydrogens (tertiary/aromatic N) is 2. The van der Waals surface area contributed by atoms with E-state index in [9.17, 15) is 0 Å². The number of hydrogen-bond acceptors (Lipinski definition) is 4. The molecule has 0 aliphatic carbocycles. The molecule has 1 aromatic rings. The number of likely N-dealkylation sites (tertiary alicyclic amines) is 1. The fourth-order valence-corrected chi connectivity index (χ4v) is 2.71. The molecule has 1 N–H and O–H groups in total. The molecule has 3 nitrogen and oxygen atoms in total. The van der Waals surface area contributed by atoms with Gasteiger partial charge in [-0.2, -0.15) is 0 Å². The first-order valence-electron chi connectivity index (χ1n) is 5.16. The minimum Gasteiger partial charge on any atom is -0.318 e. The molecule has 1 saturated heterocycles. The largest absolute Gasteiger partial charge is 0.318 e. The summed E-state index contributed by atoms with van der Waals surface area (Å²) >= 11 is 1.76. The summed E-state index contributed by atoms with van der Waals surface area (Å²) in [6.07, 6.45) is 4.66. The Hall–Kier alpha value is -0.160. The lowest BCUT2D eigenvalue weighted by atomic mass is 10.2. The van der Waals surface area contributed by atoms with Crippen LogP contribution in [0.15, 0.2) is 11.7 Å². The van der Waals surface area contributed by atoms with Crippen LogP contribution in [0, 0.1) is 0 Å². The average molecular weight is 248 g/mol. The molecule has 0 amide bonds. The molecule has 2 rings (SSSR count). The van der Waals surface area contributed by atoms with Gasteiger partial charge in [-0.3, -0.25) is 9.88 Å². The van der Waals surface area contributed by atoms with Gasteiger partial charge in [0.25, 0.3) is 0 Å². The summed E-state index contributed by atoms with van der Waals surface area (Å²) in [6.45, 7) is 3.43. The number of rotatable bonds is 4. The molecule has 5 heteroatoms. The summed E-state index contributed by atoms with van der Waals surface area (Å²) in [5.74, 6) is 0. The number of thiazole rings is 1. The summed E-state index contributed by atoms with van der Waals surface area (Å²) in [7, 11) is 2.03. The minimum absolute atomic E-state index is 0. The number of nitrogens with one attached hydrogen (secondary N) is 1. The van der Waals surface area contributed by atoms with Gasteiger partial charge in [-0.05, 0) is 26.4 Å². The predicted octanol–water partition coefficient (Wildman–Crippen LogP) is 1.75. The minimum atomic E-state index is 0. The van der Waals surface area contributed by atoms with Crippen molar-refractivity contribution in [1.82, 2.24) is 15.2 Å². The van der Waals surface area contributed by atoms with Gasteiger partial charge in [-0.15, -0.1) is 23.7 Å². The number of aromatic nitrogens is 1. The molecule has 1 aliphatic rings. The molecule has 15 heavy (non-hydrogen) atoms. The zero-order chi connectivity index (χ0) is 9.80. The van der Waals surface area contributed by atoms with Crippen molar-refractivity contribution in [1.29, 1.82) is 0 Å². The highest BCUT2D eigenvalue weighted by Crippen LogP contribution is 2.20. The van der Waals surface area contributed by atoms with Gasteiger partial charge in [-0.25, -0.2) is 0 Å². The molecule has 1 atom stereocenters. The molecule has 1 aliphatic heterocycles. The molecule has 0 spiro atoms. The Morgan fingerprint density at radius 1 is 1.67 bits per heavy atom. The highest BCUT2D eigenvalue weighted by Gasteiger charge is 2.23. The molecule has 1 fully saturated rings. The second kappa shape index (κ2) is 6.43. The molecule has 86 valence electrons. The zero-order valence-electron chi connectivity index (χ0n) is 8.98. The monoisotopic (exact) mass is 247 g/mol. The van der Waals surface area contributed by atoms with Crippen LogP contribution in [-0.4, -0.2) is 36.1 Å². The van der Waals surface area contributed by atoms with Gasteiger partial charge in [-0.1, -0.05) is 0 Å². The third kappa shape index (κ3) is 3.41. The van der Waals surface area contributed by atoms with E-state index in [1.807, 2.05) is 18.8 Å². The SMILES string of the molecule is CNCC1CCCN1Cc1cncs1.Cl. The molecular formula is C10H18ClN3S. The maximum Gasteiger partial charge on any atom is 0.0794 e. The second-order valence-corrected chi connectivity index (χ2v) is 4.76. The van der Waals surface area contributed by atoms with Crippen molar-refractivity contribution in [3.63, 3.8) is 0 Å². The molecule has 2 heterocycles. The molecular weight excluding hydrogens is 230 g/mol. The van der Waals surface area contributed by atoms with E-state index in [1.165, 1.54) is 24.3 Å². The maximum atomic E-state index is 4.11. The van der Waals surface area contributed by atoms with Gasteiger partial charge in [0.1, 0.15) is 0 Å². The molecule has 0 bridgehead atoms. The molecule has 0 saturated carbocycles. The summed E-state index contributed by atoms with van der Waals surface area (Å²) in [6, 6.07) is 0.724. The predicted molar refractivity (Wildman–Crippen MR) is 66.7 cm³/mol. The van der Waals surface area contributed by atoms with E-state index < -0.39 is 0 Å². The average Bonchev–Trinajstić information content (AvgIpc) is 2.80. The molecule has 0 radical (unpaired) electrons. The smallest absolute Gasteiger partial charge is 0.0794 e. The van der Waals surface area contributed by atoms with Gasteiger partial charge < -0.3 is 5.32 Å². The summed E-state index contributed by atoms with van der Waals surface area (Å²) in [5, 5.41) is 3.27. The highest BCUT2D eigenvalue weighted by atomic mass is 35.5. The van der Waals surface area contributed by atoms with E-state index in [2.05, 4.69) is 15.2 Å². The van der Waals surface area contributed by atoms with Crippen molar-refractivity contribution in [2.24, 2.45) is 0 Å². The van der Waals surface area contributed by atoms with Gasteiger partial charge in [0.05, 0.1) is 5.51 Å². The van der Waals surface area contributed by atoms with Crippen molar-refractivity contribution in [2.45, 2.75) is 25.4 Å². The van der Waals surface area contributed by atoms with Crippen molar-refractivity contribution in [2.75, 3.05) is 20.1 Å².